The minimum atomic E-state index is -1.51. The number of anilines is 1. The van der Waals surface area contributed by atoms with Crippen LogP contribution in [0.25, 0.3) is 6.08 Å². The van der Waals surface area contributed by atoms with Gasteiger partial charge in [0, 0.05) is 16.8 Å². The molecule has 0 amide bonds. The minimum absolute atomic E-state index is 0.120. The third-order valence-corrected chi connectivity index (χ3v) is 8.48. The zero-order valence-electron chi connectivity index (χ0n) is 18.5. The molecule has 0 radical (unpaired) electrons. The number of para-hydroxylation sites is 1. The summed E-state index contributed by atoms with van der Waals surface area (Å²) in [7, 11) is 0. The van der Waals surface area contributed by atoms with E-state index >= 15 is 0 Å². The molecule has 1 fully saturated rings. The topological polar surface area (TPSA) is 67.6 Å². The molecule has 0 bridgehead atoms. The standard InChI is InChI=1S/C29H19NO4S/c31-26(22-12-6-16-35-22)25-24(21-11-5-15-34-21)29(27(32)18-8-2-3-9-19(18)28(29)33)23-14-13-17-7-1-4-10-20(17)30(23)25/h1-16,23-25H/t23-,24+,25-/m0/s1. The van der Waals surface area contributed by atoms with Gasteiger partial charge in [-0.05, 0) is 35.2 Å². The molecule has 2 aliphatic heterocycles. The van der Waals surface area contributed by atoms with Crippen LogP contribution in [0.5, 0.6) is 0 Å². The predicted octanol–water partition coefficient (Wildman–Crippen LogP) is 5.66. The number of thiophene rings is 1. The number of hydrogen-bond acceptors (Lipinski definition) is 6. The Kier molecular flexibility index (Phi) is 4.21. The largest absolute Gasteiger partial charge is 0.469 e. The Bertz CT molecular complexity index is 1500. The Balaban J connectivity index is 1.55. The summed E-state index contributed by atoms with van der Waals surface area (Å²) in [6, 6.07) is 20.5. The number of benzene rings is 2. The van der Waals surface area contributed by atoms with Crippen LogP contribution < -0.4 is 4.90 Å². The fourth-order valence-corrected chi connectivity index (χ4v) is 6.96. The van der Waals surface area contributed by atoms with E-state index in [1.54, 1.807) is 42.5 Å². The summed E-state index contributed by atoms with van der Waals surface area (Å²) in [5.74, 6) is -0.944. The van der Waals surface area contributed by atoms with E-state index in [4.69, 9.17) is 4.42 Å². The summed E-state index contributed by atoms with van der Waals surface area (Å²) in [6.07, 6.45) is 5.41. The molecule has 2 aromatic carbocycles. The van der Waals surface area contributed by atoms with Gasteiger partial charge in [-0.3, -0.25) is 14.4 Å². The molecular weight excluding hydrogens is 458 g/mol. The zero-order valence-corrected chi connectivity index (χ0v) is 19.3. The van der Waals surface area contributed by atoms with Crippen LogP contribution in [0.3, 0.4) is 0 Å². The van der Waals surface area contributed by atoms with Gasteiger partial charge < -0.3 is 9.32 Å². The molecule has 5 nitrogen and oxygen atoms in total. The van der Waals surface area contributed by atoms with Crippen molar-refractivity contribution in [3.05, 3.63) is 118 Å². The highest BCUT2D eigenvalue weighted by Gasteiger charge is 2.72. The Morgan fingerprint density at radius 3 is 2.31 bits per heavy atom. The number of carbonyl (C=O) groups is 3. The summed E-state index contributed by atoms with van der Waals surface area (Å²) in [4.78, 5) is 45.4. The molecule has 1 saturated heterocycles. The lowest BCUT2D eigenvalue weighted by atomic mass is 9.66. The molecule has 4 aromatic rings. The van der Waals surface area contributed by atoms with Crippen LogP contribution in [-0.4, -0.2) is 29.4 Å². The molecule has 0 unspecified atom stereocenters. The summed E-state index contributed by atoms with van der Waals surface area (Å²) < 4.78 is 5.89. The zero-order chi connectivity index (χ0) is 23.7. The molecule has 3 atom stereocenters. The lowest BCUT2D eigenvalue weighted by molar-refractivity contribution is 0.0652. The average molecular weight is 478 g/mol. The number of ketones is 3. The fraction of sp³-hybridized carbons (Fsp3) is 0.138. The number of rotatable bonds is 3. The smallest absolute Gasteiger partial charge is 0.195 e. The fourth-order valence-electron chi connectivity index (χ4n) is 6.26. The molecule has 7 rings (SSSR count). The Morgan fingerprint density at radius 2 is 1.63 bits per heavy atom. The Morgan fingerprint density at radius 1 is 0.886 bits per heavy atom. The summed E-state index contributed by atoms with van der Waals surface area (Å²) in [5, 5.41) is 1.86. The van der Waals surface area contributed by atoms with Crippen molar-refractivity contribution in [2.75, 3.05) is 4.90 Å². The molecule has 0 N–H and O–H groups in total. The first-order valence-corrected chi connectivity index (χ1v) is 12.4. The van der Waals surface area contributed by atoms with Crippen LogP contribution >= 0.6 is 11.3 Å². The molecule has 35 heavy (non-hydrogen) atoms. The Hall–Kier alpha value is -4.03. The molecule has 3 aliphatic rings. The maximum absolute atomic E-state index is 14.3. The molecule has 4 heterocycles. The van der Waals surface area contributed by atoms with Crippen molar-refractivity contribution in [1.82, 2.24) is 0 Å². The van der Waals surface area contributed by atoms with Crippen LogP contribution in [-0.2, 0) is 0 Å². The molecule has 6 heteroatoms. The highest BCUT2D eigenvalue weighted by Crippen LogP contribution is 2.61. The van der Waals surface area contributed by atoms with Crippen LogP contribution in [0.4, 0.5) is 5.69 Å². The highest BCUT2D eigenvalue weighted by atomic mass is 32.1. The van der Waals surface area contributed by atoms with Crippen molar-refractivity contribution in [2.24, 2.45) is 5.41 Å². The number of nitrogens with zero attached hydrogens (tertiary/aromatic N) is 1. The van der Waals surface area contributed by atoms with E-state index in [1.165, 1.54) is 17.6 Å². The van der Waals surface area contributed by atoms with E-state index < -0.39 is 23.4 Å². The third-order valence-electron chi connectivity index (χ3n) is 7.60. The SMILES string of the molecule is O=C(c1cccs1)[C@@H]1[C@@H](c2ccco2)C2(C(=O)c3ccccc3C2=O)[C@@H]2C=Cc3ccccc3N12. The lowest BCUT2D eigenvalue weighted by Gasteiger charge is -2.37. The molecule has 170 valence electrons. The monoisotopic (exact) mass is 477 g/mol. The first kappa shape index (κ1) is 20.4. The minimum Gasteiger partial charge on any atom is -0.469 e. The van der Waals surface area contributed by atoms with E-state index in [0.717, 1.165) is 11.3 Å². The summed E-state index contributed by atoms with van der Waals surface area (Å²) >= 11 is 1.36. The quantitative estimate of drug-likeness (QED) is 0.281. The molecule has 0 saturated carbocycles. The number of hydrogen-bond donors (Lipinski definition) is 0. The van der Waals surface area contributed by atoms with Gasteiger partial charge in [-0.15, -0.1) is 11.3 Å². The van der Waals surface area contributed by atoms with E-state index in [0.29, 0.717) is 21.8 Å². The van der Waals surface area contributed by atoms with Crippen molar-refractivity contribution in [1.29, 1.82) is 0 Å². The number of Topliss-reactive ketones (excluding diaryl/α,β-unsaturated/α-hetero) is 3. The number of furan rings is 1. The van der Waals surface area contributed by atoms with Gasteiger partial charge in [-0.2, -0.15) is 0 Å². The van der Waals surface area contributed by atoms with Crippen LogP contribution in [0, 0.1) is 5.41 Å². The van der Waals surface area contributed by atoms with Gasteiger partial charge >= 0.3 is 0 Å². The molecular formula is C29H19NO4S. The summed E-state index contributed by atoms with van der Waals surface area (Å²) in [5.41, 5.74) is 1.08. The van der Waals surface area contributed by atoms with Crippen LogP contribution in [0.15, 0.2) is 94.9 Å². The molecule has 1 spiro atoms. The van der Waals surface area contributed by atoms with Gasteiger partial charge in [-0.1, -0.05) is 60.7 Å². The second-order valence-electron chi connectivity index (χ2n) is 9.12. The van der Waals surface area contributed by atoms with Crippen molar-refractivity contribution in [3.8, 4) is 0 Å². The second-order valence-corrected chi connectivity index (χ2v) is 10.1. The highest BCUT2D eigenvalue weighted by molar-refractivity contribution is 7.12. The van der Waals surface area contributed by atoms with Crippen molar-refractivity contribution < 1.29 is 18.8 Å². The van der Waals surface area contributed by atoms with E-state index in [9.17, 15) is 14.4 Å². The van der Waals surface area contributed by atoms with Gasteiger partial charge in [0.15, 0.2) is 17.3 Å². The maximum Gasteiger partial charge on any atom is 0.195 e. The maximum atomic E-state index is 14.3. The van der Waals surface area contributed by atoms with Crippen molar-refractivity contribution >= 4 is 40.4 Å². The number of carbonyl (C=O) groups excluding carboxylic acids is 3. The summed E-state index contributed by atoms with van der Waals surface area (Å²) in [6.45, 7) is 0. The van der Waals surface area contributed by atoms with Gasteiger partial charge in [-0.25, -0.2) is 0 Å². The predicted molar refractivity (Wildman–Crippen MR) is 133 cm³/mol. The van der Waals surface area contributed by atoms with E-state index in [-0.39, 0.29) is 17.3 Å². The van der Waals surface area contributed by atoms with Crippen LogP contribution in [0.1, 0.15) is 47.6 Å². The first-order chi connectivity index (χ1) is 17.1. The van der Waals surface area contributed by atoms with Crippen molar-refractivity contribution in [3.63, 3.8) is 0 Å². The number of fused-ring (bicyclic) bond motifs is 5. The van der Waals surface area contributed by atoms with E-state index in [1.807, 2.05) is 52.8 Å². The molecule has 1 aliphatic carbocycles. The van der Waals surface area contributed by atoms with Gasteiger partial charge in [0.05, 0.1) is 23.1 Å². The normalized spacial score (nSPS) is 23.4. The van der Waals surface area contributed by atoms with Gasteiger partial charge in [0.1, 0.15) is 17.2 Å². The van der Waals surface area contributed by atoms with Gasteiger partial charge in [0.2, 0.25) is 0 Å². The van der Waals surface area contributed by atoms with Crippen LogP contribution in [0.2, 0.25) is 0 Å². The second kappa shape index (κ2) is 7.23. The Labute approximate surface area is 205 Å². The first-order valence-electron chi connectivity index (χ1n) is 11.5. The van der Waals surface area contributed by atoms with E-state index in [2.05, 4.69) is 0 Å². The van der Waals surface area contributed by atoms with Gasteiger partial charge in [0.25, 0.3) is 0 Å². The molecule has 2 aromatic heterocycles. The lowest BCUT2D eigenvalue weighted by Crippen LogP contribution is -2.48. The average Bonchev–Trinajstić information content (AvgIpc) is 3.69. The third kappa shape index (κ3) is 2.49. The van der Waals surface area contributed by atoms with Crippen molar-refractivity contribution in [2.45, 2.75) is 18.0 Å².